The van der Waals surface area contributed by atoms with E-state index in [9.17, 15) is 4.79 Å². The molecule has 2 unspecified atom stereocenters. The Balaban J connectivity index is 1.70. The fraction of sp³-hybridized carbons (Fsp3) is 0.286. The Morgan fingerprint density at radius 3 is 1.68 bits per heavy atom. The van der Waals surface area contributed by atoms with Gasteiger partial charge in [-0.05, 0) is 43.0 Å². The number of ether oxygens (including phenoxy) is 3. The molecule has 40 heavy (non-hydrogen) atoms. The second kappa shape index (κ2) is 14.5. The van der Waals surface area contributed by atoms with E-state index in [-0.39, 0.29) is 6.61 Å². The lowest BCUT2D eigenvalue weighted by Gasteiger charge is -2.38. The predicted octanol–water partition coefficient (Wildman–Crippen LogP) is 7.97. The number of rotatable bonds is 12. The monoisotopic (exact) mass is 537 g/mol. The molecule has 4 aromatic carbocycles. The maximum Gasteiger partial charge on any atom is 0.411 e. The number of amides is 1. The van der Waals surface area contributed by atoms with Gasteiger partial charge in [0, 0.05) is 6.54 Å². The van der Waals surface area contributed by atoms with Crippen LogP contribution in [0, 0.1) is 0 Å². The van der Waals surface area contributed by atoms with Gasteiger partial charge in [-0.3, -0.25) is 4.90 Å². The van der Waals surface area contributed by atoms with Gasteiger partial charge >= 0.3 is 6.09 Å². The molecule has 0 saturated heterocycles. The first-order valence-corrected chi connectivity index (χ1v) is 13.7. The van der Waals surface area contributed by atoms with E-state index >= 15 is 0 Å². The minimum atomic E-state index is -0.655. The summed E-state index contributed by atoms with van der Waals surface area (Å²) in [6, 6.07) is 39.6. The Labute approximate surface area is 238 Å². The molecule has 4 aromatic rings. The molecule has 0 saturated carbocycles. The minimum absolute atomic E-state index is 0.287. The summed E-state index contributed by atoms with van der Waals surface area (Å²) in [5.41, 5.74) is 3.42. The van der Waals surface area contributed by atoms with Gasteiger partial charge in [0.05, 0.1) is 25.9 Å². The molecule has 0 bridgehead atoms. The maximum absolute atomic E-state index is 13.9. The van der Waals surface area contributed by atoms with Gasteiger partial charge in [0.2, 0.25) is 0 Å². The van der Waals surface area contributed by atoms with Gasteiger partial charge in [0.25, 0.3) is 0 Å². The van der Waals surface area contributed by atoms with Crippen LogP contribution in [0.1, 0.15) is 49.1 Å². The van der Waals surface area contributed by atoms with E-state index in [0.717, 1.165) is 22.3 Å². The third-order valence-electron chi connectivity index (χ3n) is 6.35. The largest absolute Gasteiger partial charge is 0.444 e. The van der Waals surface area contributed by atoms with Crippen molar-refractivity contribution in [3.63, 3.8) is 0 Å². The molecule has 1 amide bonds. The van der Waals surface area contributed by atoms with Crippen LogP contribution in [-0.2, 0) is 34.0 Å². The fourth-order valence-corrected chi connectivity index (χ4v) is 4.50. The summed E-state index contributed by atoms with van der Waals surface area (Å²) in [6.45, 7) is 7.13. The van der Waals surface area contributed by atoms with Crippen molar-refractivity contribution in [2.24, 2.45) is 0 Å². The number of benzene rings is 4. The minimum Gasteiger partial charge on any atom is -0.444 e. The first-order chi connectivity index (χ1) is 19.4. The Morgan fingerprint density at radius 2 is 1.15 bits per heavy atom. The molecule has 0 N–H and O–H groups in total. The fourth-order valence-electron chi connectivity index (χ4n) is 4.50. The summed E-state index contributed by atoms with van der Waals surface area (Å²) in [5.74, 6) is 0. The van der Waals surface area contributed by atoms with Crippen molar-refractivity contribution in [2.75, 3.05) is 6.61 Å². The molecule has 2 atom stereocenters. The molecule has 5 nitrogen and oxygen atoms in total. The average Bonchev–Trinajstić information content (AvgIpc) is 2.96. The molecule has 0 heterocycles. The highest BCUT2D eigenvalue weighted by atomic mass is 16.6. The van der Waals surface area contributed by atoms with E-state index in [1.807, 2.05) is 142 Å². The average molecular weight is 538 g/mol. The number of carbonyl (C=O) groups is 1. The third kappa shape index (κ3) is 9.08. The SMILES string of the molecule is CC(C)(C)OC(=O)N(Cc1ccccc1)C(c1ccccc1)C(COCc1ccccc1)OCc1ccccc1. The van der Waals surface area contributed by atoms with Gasteiger partial charge in [0.1, 0.15) is 11.7 Å². The van der Waals surface area contributed by atoms with Crippen LogP contribution in [0.25, 0.3) is 0 Å². The highest BCUT2D eigenvalue weighted by Gasteiger charge is 2.36. The molecule has 5 heteroatoms. The predicted molar refractivity (Wildman–Crippen MR) is 159 cm³/mol. The standard InChI is InChI=1S/C35H39NO4/c1-35(2,3)40-34(37)36(24-28-16-8-4-9-17-28)33(31-22-14-7-15-23-31)32(39-26-30-20-12-6-13-21-30)27-38-25-29-18-10-5-11-19-29/h4-23,32-33H,24-27H2,1-3H3. The van der Waals surface area contributed by atoms with Crippen molar-refractivity contribution in [1.82, 2.24) is 4.90 Å². The summed E-state index contributed by atoms with van der Waals surface area (Å²) in [4.78, 5) is 15.6. The topological polar surface area (TPSA) is 48.0 Å². The molecular formula is C35H39NO4. The lowest BCUT2D eigenvalue weighted by atomic mass is 9.99. The summed E-state index contributed by atoms with van der Waals surface area (Å²) in [5, 5.41) is 0. The lowest BCUT2D eigenvalue weighted by Crippen LogP contribution is -2.45. The Kier molecular flexibility index (Phi) is 10.5. The number of hydrogen-bond acceptors (Lipinski definition) is 4. The molecule has 0 aromatic heterocycles. The van der Waals surface area contributed by atoms with Crippen molar-refractivity contribution >= 4 is 6.09 Å². The van der Waals surface area contributed by atoms with E-state index in [1.54, 1.807) is 4.90 Å². The summed E-state index contributed by atoms with van der Waals surface area (Å²) >= 11 is 0. The molecule has 0 fully saturated rings. The van der Waals surface area contributed by atoms with Crippen molar-refractivity contribution in [1.29, 1.82) is 0 Å². The van der Waals surface area contributed by atoms with Crippen LogP contribution < -0.4 is 0 Å². The zero-order chi connectivity index (χ0) is 28.2. The van der Waals surface area contributed by atoms with Gasteiger partial charge in [-0.1, -0.05) is 121 Å². The van der Waals surface area contributed by atoms with E-state index in [1.165, 1.54) is 0 Å². The first-order valence-electron chi connectivity index (χ1n) is 13.7. The molecule has 0 aliphatic carbocycles. The van der Waals surface area contributed by atoms with Crippen molar-refractivity contribution in [3.05, 3.63) is 144 Å². The van der Waals surface area contributed by atoms with Crippen LogP contribution in [0.4, 0.5) is 4.79 Å². The first kappa shape index (κ1) is 29.1. The summed E-state index contributed by atoms with van der Waals surface area (Å²) in [7, 11) is 0. The smallest absolute Gasteiger partial charge is 0.411 e. The molecule has 208 valence electrons. The molecule has 0 spiro atoms. The molecule has 0 aliphatic heterocycles. The Bertz CT molecular complexity index is 1270. The summed E-state index contributed by atoms with van der Waals surface area (Å²) in [6.07, 6.45) is -0.871. The second-order valence-corrected chi connectivity index (χ2v) is 10.8. The molecular weight excluding hydrogens is 498 g/mol. The van der Waals surface area contributed by atoms with Crippen LogP contribution in [-0.4, -0.2) is 29.3 Å². The number of nitrogens with zero attached hydrogens (tertiary/aromatic N) is 1. The van der Waals surface area contributed by atoms with Crippen LogP contribution in [0.3, 0.4) is 0 Å². The van der Waals surface area contributed by atoms with Gasteiger partial charge < -0.3 is 14.2 Å². The third-order valence-corrected chi connectivity index (χ3v) is 6.35. The lowest BCUT2D eigenvalue weighted by molar-refractivity contribution is -0.0783. The van der Waals surface area contributed by atoms with Crippen LogP contribution >= 0.6 is 0 Å². The highest BCUT2D eigenvalue weighted by molar-refractivity contribution is 5.69. The van der Waals surface area contributed by atoms with Gasteiger partial charge in [0.15, 0.2) is 0 Å². The van der Waals surface area contributed by atoms with E-state index in [0.29, 0.717) is 19.8 Å². The quantitative estimate of drug-likeness (QED) is 0.184. The van der Waals surface area contributed by atoms with Crippen LogP contribution in [0.5, 0.6) is 0 Å². The zero-order valence-electron chi connectivity index (χ0n) is 23.6. The normalized spacial score (nSPS) is 12.9. The number of carbonyl (C=O) groups excluding carboxylic acids is 1. The van der Waals surface area contributed by atoms with E-state index < -0.39 is 23.8 Å². The second-order valence-electron chi connectivity index (χ2n) is 10.8. The van der Waals surface area contributed by atoms with Crippen molar-refractivity contribution in [2.45, 2.75) is 58.3 Å². The van der Waals surface area contributed by atoms with Crippen molar-refractivity contribution < 1.29 is 19.0 Å². The maximum atomic E-state index is 13.9. The van der Waals surface area contributed by atoms with E-state index in [4.69, 9.17) is 14.2 Å². The van der Waals surface area contributed by atoms with Gasteiger partial charge in [-0.25, -0.2) is 4.79 Å². The van der Waals surface area contributed by atoms with Crippen LogP contribution in [0.15, 0.2) is 121 Å². The van der Waals surface area contributed by atoms with Gasteiger partial charge in [-0.15, -0.1) is 0 Å². The number of hydrogen-bond donors (Lipinski definition) is 0. The Morgan fingerprint density at radius 1 is 0.675 bits per heavy atom. The summed E-state index contributed by atoms with van der Waals surface area (Å²) < 4.78 is 18.8. The zero-order valence-corrected chi connectivity index (χ0v) is 23.6. The molecule has 0 radical (unpaired) electrons. The van der Waals surface area contributed by atoms with Gasteiger partial charge in [-0.2, -0.15) is 0 Å². The van der Waals surface area contributed by atoms with Crippen LogP contribution in [0.2, 0.25) is 0 Å². The highest BCUT2D eigenvalue weighted by Crippen LogP contribution is 2.31. The van der Waals surface area contributed by atoms with Crippen molar-refractivity contribution in [3.8, 4) is 0 Å². The molecule has 0 aliphatic rings. The van der Waals surface area contributed by atoms with E-state index in [2.05, 4.69) is 0 Å². The molecule has 4 rings (SSSR count). The Hall–Kier alpha value is -3.93.